The number of nitrogens with one attached hydrogen (secondary N) is 1. The quantitative estimate of drug-likeness (QED) is 0.461. The Morgan fingerprint density at radius 1 is 1.23 bits per heavy atom. The topological polar surface area (TPSA) is 67.4 Å². The van der Waals surface area contributed by atoms with E-state index in [0.29, 0.717) is 31.0 Å². The lowest BCUT2D eigenvalue weighted by Gasteiger charge is -2.26. The summed E-state index contributed by atoms with van der Waals surface area (Å²) >= 11 is 1.38. The number of benzene rings is 2. The smallest absolute Gasteiger partial charge is 0.237 e. The fourth-order valence-electron chi connectivity index (χ4n) is 3.35. The molecule has 0 aliphatic carbocycles. The molecular formula is C23H25FN4O2S. The molecule has 8 heteroatoms. The second-order valence-electron chi connectivity index (χ2n) is 7.56. The number of morpholine rings is 1. The fraction of sp³-hybridized carbons (Fsp3) is 0.348. The van der Waals surface area contributed by atoms with Gasteiger partial charge in [-0.1, -0.05) is 36.0 Å². The lowest BCUT2D eigenvalue weighted by atomic mass is 10.2. The van der Waals surface area contributed by atoms with Gasteiger partial charge < -0.3 is 10.1 Å². The van der Waals surface area contributed by atoms with Crippen molar-refractivity contribution in [2.75, 3.05) is 31.6 Å². The van der Waals surface area contributed by atoms with Gasteiger partial charge in [0.05, 0.1) is 30.5 Å². The number of anilines is 1. The number of para-hydroxylation sites is 1. The normalized spacial score (nSPS) is 15.7. The molecule has 1 aromatic heterocycles. The molecule has 1 unspecified atom stereocenters. The van der Waals surface area contributed by atoms with E-state index in [2.05, 4.69) is 10.2 Å². The van der Waals surface area contributed by atoms with Gasteiger partial charge >= 0.3 is 0 Å². The van der Waals surface area contributed by atoms with Gasteiger partial charge in [0.15, 0.2) is 0 Å². The monoisotopic (exact) mass is 440 g/mol. The molecule has 1 saturated heterocycles. The Labute approximate surface area is 185 Å². The summed E-state index contributed by atoms with van der Waals surface area (Å²) in [6, 6.07) is 12.5. The molecule has 3 aromatic rings. The molecule has 4 rings (SSSR count). The minimum atomic E-state index is -0.418. The molecule has 31 heavy (non-hydrogen) atoms. The highest BCUT2D eigenvalue weighted by Gasteiger charge is 2.20. The van der Waals surface area contributed by atoms with E-state index in [4.69, 9.17) is 14.7 Å². The van der Waals surface area contributed by atoms with Crippen molar-refractivity contribution in [1.82, 2.24) is 14.9 Å². The van der Waals surface area contributed by atoms with Gasteiger partial charge in [-0.25, -0.2) is 14.4 Å². The van der Waals surface area contributed by atoms with Crippen LogP contribution in [0.15, 0.2) is 47.5 Å². The predicted octanol–water partition coefficient (Wildman–Crippen LogP) is 4.03. The van der Waals surface area contributed by atoms with Crippen molar-refractivity contribution in [3.8, 4) is 0 Å². The van der Waals surface area contributed by atoms with E-state index in [9.17, 15) is 9.18 Å². The summed E-state index contributed by atoms with van der Waals surface area (Å²) in [6.45, 7) is 7.29. The number of halogens is 1. The maximum atomic E-state index is 13.8. The average Bonchev–Trinajstić information content (AvgIpc) is 2.77. The number of carbonyl (C=O) groups is 1. The van der Waals surface area contributed by atoms with Crippen LogP contribution in [0, 0.1) is 12.7 Å². The lowest BCUT2D eigenvalue weighted by Crippen LogP contribution is -2.36. The molecule has 1 aliphatic rings. The maximum absolute atomic E-state index is 13.8. The zero-order valence-electron chi connectivity index (χ0n) is 17.6. The summed E-state index contributed by atoms with van der Waals surface area (Å²) in [4.78, 5) is 24.5. The van der Waals surface area contributed by atoms with Crippen molar-refractivity contribution in [2.45, 2.75) is 30.7 Å². The number of hydrogen-bond donors (Lipinski definition) is 1. The van der Waals surface area contributed by atoms with Crippen LogP contribution in [-0.4, -0.2) is 52.3 Å². The number of hydrogen-bond acceptors (Lipinski definition) is 6. The number of fused-ring (bicyclic) bond motifs is 1. The summed E-state index contributed by atoms with van der Waals surface area (Å²) in [5.74, 6) is 0.189. The first-order valence-electron chi connectivity index (χ1n) is 10.3. The number of aryl methyl sites for hydroxylation is 1. The third-order valence-corrected chi connectivity index (χ3v) is 6.28. The molecule has 2 aromatic carbocycles. The Morgan fingerprint density at radius 2 is 2.00 bits per heavy atom. The van der Waals surface area contributed by atoms with Crippen LogP contribution in [0.2, 0.25) is 0 Å². The fourth-order valence-corrected chi connectivity index (χ4v) is 4.31. The van der Waals surface area contributed by atoms with Crippen molar-refractivity contribution < 1.29 is 13.9 Å². The molecule has 0 spiro atoms. The van der Waals surface area contributed by atoms with E-state index < -0.39 is 5.25 Å². The molecule has 1 amide bonds. The van der Waals surface area contributed by atoms with Gasteiger partial charge in [-0.05, 0) is 37.6 Å². The zero-order valence-corrected chi connectivity index (χ0v) is 18.4. The molecule has 0 radical (unpaired) electrons. The van der Waals surface area contributed by atoms with Crippen LogP contribution >= 0.6 is 11.8 Å². The Bertz CT molecular complexity index is 1090. The maximum Gasteiger partial charge on any atom is 0.237 e. The molecule has 0 saturated carbocycles. The van der Waals surface area contributed by atoms with Crippen LogP contribution in [0.5, 0.6) is 0 Å². The van der Waals surface area contributed by atoms with Crippen LogP contribution in [-0.2, 0) is 16.1 Å². The third kappa shape index (κ3) is 5.39. The Morgan fingerprint density at radius 3 is 2.77 bits per heavy atom. The molecule has 162 valence electrons. The zero-order chi connectivity index (χ0) is 21.8. The summed E-state index contributed by atoms with van der Waals surface area (Å²) in [7, 11) is 0. The number of thioether (sulfide) groups is 1. The highest BCUT2D eigenvalue weighted by Crippen LogP contribution is 2.29. The van der Waals surface area contributed by atoms with E-state index in [1.807, 2.05) is 31.2 Å². The first-order valence-corrected chi connectivity index (χ1v) is 11.2. The average molecular weight is 441 g/mol. The number of amides is 1. The van der Waals surface area contributed by atoms with E-state index in [1.54, 1.807) is 19.1 Å². The lowest BCUT2D eigenvalue weighted by molar-refractivity contribution is -0.115. The van der Waals surface area contributed by atoms with Gasteiger partial charge in [0.1, 0.15) is 16.7 Å². The van der Waals surface area contributed by atoms with Gasteiger partial charge in [0.25, 0.3) is 0 Å². The number of nitrogens with zero attached hydrogens (tertiary/aromatic N) is 3. The highest BCUT2D eigenvalue weighted by atomic mass is 32.2. The summed E-state index contributed by atoms with van der Waals surface area (Å²) in [5.41, 5.74) is 1.85. The van der Waals surface area contributed by atoms with Crippen LogP contribution in [0.25, 0.3) is 10.9 Å². The predicted molar refractivity (Wildman–Crippen MR) is 121 cm³/mol. The Balaban J connectivity index is 1.52. The van der Waals surface area contributed by atoms with E-state index in [0.717, 1.165) is 34.8 Å². The number of ether oxygens (including phenoxy) is 1. The minimum Gasteiger partial charge on any atom is -0.379 e. The van der Waals surface area contributed by atoms with Gasteiger partial charge in [-0.3, -0.25) is 9.69 Å². The second kappa shape index (κ2) is 9.72. The number of rotatable bonds is 6. The van der Waals surface area contributed by atoms with Crippen molar-refractivity contribution >= 4 is 34.3 Å². The van der Waals surface area contributed by atoms with Crippen LogP contribution in [0.4, 0.5) is 10.1 Å². The van der Waals surface area contributed by atoms with E-state index in [1.165, 1.54) is 17.8 Å². The molecule has 1 aliphatic heterocycles. The highest BCUT2D eigenvalue weighted by molar-refractivity contribution is 8.00. The first-order chi connectivity index (χ1) is 15.0. The van der Waals surface area contributed by atoms with Crippen LogP contribution in [0.3, 0.4) is 0 Å². The van der Waals surface area contributed by atoms with Crippen LogP contribution < -0.4 is 5.32 Å². The summed E-state index contributed by atoms with van der Waals surface area (Å²) in [5, 5.41) is 4.06. The molecule has 2 heterocycles. The van der Waals surface area contributed by atoms with Gasteiger partial charge in [-0.15, -0.1) is 0 Å². The SMILES string of the molecule is Cc1ccc(NC(=O)C(C)Sc2nc(CN3CCOCC3)nc3ccccc23)cc1F. The van der Waals surface area contributed by atoms with E-state index in [-0.39, 0.29) is 11.7 Å². The number of aromatic nitrogens is 2. The van der Waals surface area contributed by atoms with Gasteiger partial charge in [0, 0.05) is 24.2 Å². The van der Waals surface area contributed by atoms with Crippen molar-refractivity contribution in [1.29, 1.82) is 0 Å². The van der Waals surface area contributed by atoms with Crippen molar-refractivity contribution in [2.24, 2.45) is 0 Å². The standard InChI is InChI=1S/C23H25FN4O2S/c1-15-7-8-17(13-19(15)24)25-22(29)16(2)31-23-18-5-3-4-6-20(18)26-21(27-23)14-28-9-11-30-12-10-28/h3-8,13,16H,9-12,14H2,1-2H3,(H,25,29). The first kappa shape index (κ1) is 21.7. The minimum absolute atomic E-state index is 0.203. The van der Waals surface area contributed by atoms with Gasteiger partial charge in [-0.2, -0.15) is 0 Å². The van der Waals surface area contributed by atoms with Crippen LogP contribution in [0.1, 0.15) is 18.3 Å². The Hall–Kier alpha value is -2.55. The van der Waals surface area contributed by atoms with Crippen molar-refractivity contribution in [3.63, 3.8) is 0 Å². The molecule has 0 bridgehead atoms. The molecule has 1 atom stereocenters. The molecular weight excluding hydrogens is 415 g/mol. The summed E-state index contributed by atoms with van der Waals surface area (Å²) < 4.78 is 19.2. The van der Waals surface area contributed by atoms with Gasteiger partial charge in [0.2, 0.25) is 5.91 Å². The molecule has 1 N–H and O–H groups in total. The molecule has 1 fully saturated rings. The second-order valence-corrected chi connectivity index (χ2v) is 8.89. The largest absolute Gasteiger partial charge is 0.379 e. The third-order valence-electron chi connectivity index (χ3n) is 5.18. The van der Waals surface area contributed by atoms with Crippen molar-refractivity contribution in [3.05, 3.63) is 59.7 Å². The Kier molecular flexibility index (Phi) is 6.80. The molecule has 6 nitrogen and oxygen atoms in total. The van der Waals surface area contributed by atoms with E-state index >= 15 is 0 Å². The number of carbonyl (C=O) groups excluding carboxylic acids is 1. The summed E-state index contributed by atoms with van der Waals surface area (Å²) in [6.07, 6.45) is 0.